The first kappa shape index (κ1) is 29.7. The molecular formula is C29H43O12-. The van der Waals surface area contributed by atoms with Crippen LogP contribution in [-0.4, -0.2) is 108 Å². The van der Waals surface area contributed by atoms with Gasteiger partial charge < -0.3 is 59.8 Å². The molecule has 2 heterocycles. The fraction of sp³-hybridized carbons (Fsp3) is 0.862. The van der Waals surface area contributed by atoms with E-state index in [-0.39, 0.29) is 31.6 Å². The molecule has 5 fully saturated rings. The summed E-state index contributed by atoms with van der Waals surface area (Å²) in [6.07, 6.45) is -6.88. The molecule has 4 saturated carbocycles. The van der Waals surface area contributed by atoms with Crippen molar-refractivity contribution in [1.29, 1.82) is 0 Å². The van der Waals surface area contributed by atoms with Crippen LogP contribution in [-0.2, 0) is 9.47 Å². The molecule has 0 spiro atoms. The van der Waals surface area contributed by atoms with Crippen molar-refractivity contribution in [2.75, 3.05) is 6.61 Å². The minimum absolute atomic E-state index is 0.0419. The molecule has 232 valence electrons. The van der Waals surface area contributed by atoms with Crippen LogP contribution in [0.5, 0.6) is 5.95 Å². The van der Waals surface area contributed by atoms with E-state index in [1.54, 1.807) is 0 Å². The molecule has 0 unspecified atom stereocenters. The normalized spacial score (nSPS) is 55.2. The average molecular weight is 584 g/mol. The lowest BCUT2D eigenvalue weighted by molar-refractivity contribution is -0.342. The van der Waals surface area contributed by atoms with Crippen LogP contribution in [0.2, 0.25) is 0 Å². The molecule has 1 aliphatic heterocycles. The Balaban J connectivity index is 1.29. The second-order valence-electron chi connectivity index (χ2n) is 13.7. The molecule has 12 nitrogen and oxygen atoms in total. The molecule has 1 saturated heterocycles. The first-order chi connectivity index (χ1) is 19.2. The van der Waals surface area contributed by atoms with Gasteiger partial charge in [-0.05, 0) is 68.8 Å². The van der Waals surface area contributed by atoms with Crippen molar-refractivity contribution < 1.29 is 59.8 Å². The summed E-state index contributed by atoms with van der Waals surface area (Å²) in [5, 5.41) is 101. The van der Waals surface area contributed by atoms with E-state index < -0.39 is 95.4 Å². The van der Waals surface area contributed by atoms with Crippen molar-refractivity contribution in [1.82, 2.24) is 0 Å². The van der Waals surface area contributed by atoms with E-state index in [4.69, 9.17) is 13.9 Å². The van der Waals surface area contributed by atoms with Gasteiger partial charge in [-0.2, -0.15) is 0 Å². The van der Waals surface area contributed by atoms with Crippen molar-refractivity contribution in [2.45, 2.75) is 125 Å². The van der Waals surface area contributed by atoms with Crippen LogP contribution in [0.3, 0.4) is 0 Å². The van der Waals surface area contributed by atoms with E-state index in [1.165, 1.54) is 19.3 Å². The lowest BCUT2D eigenvalue weighted by Crippen LogP contribution is -2.75. The van der Waals surface area contributed by atoms with Gasteiger partial charge >= 0.3 is 0 Å². The number of ether oxygens (including phenoxy) is 2. The highest BCUT2D eigenvalue weighted by Crippen LogP contribution is 2.71. The van der Waals surface area contributed by atoms with Crippen molar-refractivity contribution in [3.05, 3.63) is 17.9 Å². The second-order valence-corrected chi connectivity index (χ2v) is 13.7. The van der Waals surface area contributed by atoms with Gasteiger partial charge in [0.15, 0.2) is 6.29 Å². The summed E-state index contributed by atoms with van der Waals surface area (Å²) in [6.45, 7) is 2.81. The van der Waals surface area contributed by atoms with E-state index in [9.17, 15) is 46.0 Å². The van der Waals surface area contributed by atoms with Crippen molar-refractivity contribution in [3.63, 3.8) is 0 Å². The molecule has 4 aliphatic carbocycles. The number of aliphatic hydroxyl groups is 8. The highest BCUT2D eigenvalue weighted by atomic mass is 16.7. The minimum Gasteiger partial charge on any atom is -0.587 e. The summed E-state index contributed by atoms with van der Waals surface area (Å²) < 4.78 is 16.5. The van der Waals surface area contributed by atoms with Gasteiger partial charge in [-0.15, -0.1) is 0 Å². The maximum absolute atomic E-state index is 12.4. The van der Waals surface area contributed by atoms with E-state index in [1.807, 2.05) is 6.92 Å². The third-order valence-electron chi connectivity index (χ3n) is 12.0. The molecule has 0 bridgehead atoms. The van der Waals surface area contributed by atoms with E-state index in [0.717, 1.165) is 0 Å². The topological polar surface area (TPSA) is 216 Å². The van der Waals surface area contributed by atoms with Crippen LogP contribution in [0.1, 0.15) is 70.3 Å². The Labute approximate surface area is 238 Å². The fourth-order valence-corrected chi connectivity index (χ4v) is 9.95. The summed E-state index contributed by atoms with van der Waals surface area (Å²) in [4.78, 5) is 0. The van der Waals surface area contributed by atoms with Crippen LogP contribution in [0.15, 0.2) is 16.7 Å². The fourth-order valence-electron chi connectivity index (χ4n) is 9.95. The molecule has 0 radical (unpaired) electrons. The van der Waals surface area contributed by atoms with Gasteiger partial charge in [0, 0.05) is 24.2 Å². The van der Waals surface area contributed by atoms with Crippen molar-refractivity contribution >= 4 is 0 Å². The first-order valence-corrected chi connectivity index (χ1v) is 14.7. The van der Waals surface area contributed by atoms with Crippen LogP contribution >= 0.6 is 0 Å². The van der Waals surface area contributed by atoms with E-state index >= 15 is 0 Å². The Hall–Kier alpha value is -1.32. The summed E-state index contributed by atoms with van der Waals surface area (Å²) >= 11 is 0. The standard InChI is InChI=1S/C29H44O12/c1-13-22(34)23(35)24(36)25(40-13)41-15-8-19(32)28(12-30)21-17(3-5-27(28,37)9-15)29(38)6-4-16(14-7-20(33)39-11-14)26(29,2)10-18(21)31/h7,11,13,15-19,21-25,30-38H,3-6,8-10,12H2,1-2H3/p-1/t13-,15-,16+,17+,18+,19+,21+,22-,23+,24+,25-,26+,27-,28+,29-/m0/s1. The number of fused-ring (bicyclic) bond motifs is 5. The Morgan fingerprint density at radius 1 is 1.02 bits per heavy atom. The van der Waals surface area contributed by atoms with Gasteiger partial charge in [-0.25, -0.2) is 0 Å². The quantitative estimate of drug-likeness (QED) is 0.197. The molecule has 41 heavy (non-hydrogen) atoms. The minimum atomic E-state index is -1.68. The number of hydrogen-bond acceptors (Lipinski definition) is 12. The smallest absolute Gasteiger partial charge is 0.186 e. The second kappa shape index (κ2) is 9.85. The maximum Gasteiger partial charge on any atom is 0.186 e. The average Bonchev–Trinajstić information content (AvgIpc) is 3.45. The van der Waals surface area contributed by atoms with Crippen LogP contribution in [0.25, 0.3) is 0 Å². The molecule has 12 heteroatoms. The van der Waals surface area contributed by atoms with Gasteiger partial charge in [0.1, 0.15) is 18.3 Å². The Morgan fingerprint density at radius 2 is 1.76 bits per heavy atom. The van der Waals surface area contributed by atoms with Gasteiger partial charge in [0.25, 0.3) is 0 Å². The molecule has 0 amide bonds. The molecule has 1 aromatic rings. The predicted molar refractivity (Wildman–Crippen MR) is 137 cm³/mol. The van der Waals surface area contributed by atoms with Crippen molar-refractivity contribution in [2.24, 2.45) is 22.7 Å². The third-order valence-corrected chi connectivity index (χ3v) is 12.0. The summed E-state index contributed by atoms with van der Waals surface area (Å²) in [6, 6.07) is 1.42. The monoisotopic (exact) mass is 583 g/mol. The molecule has 0 aromatic carbocycles. The maximum atomic E-state index is 12.4. The number of rotatable bonds is 4. The molecule has 5 aliphatic rings. The zero-order valence-corrected chi connectivity index (χ0v) is 23.4. The zero-order chi connectivity index (χ0) is 29.7. The zero-order valence-electron chi connectivity index (χ0n) is 23.4. The first-order valence-electron chi connectivity index (χ1n) is 14.7. The van der Waals surface area contributed by atoms with Gasteiger partial charge in [-0.1, -0.05) is 6.92 Å². The van der Waals surface area contributed by atoms with Crippen LogP contribution < -0.4 is 5.11 Å². The number of hydrogen-bond donors (Lipinski definition) is 8. The highest BCUT2D eigenvalue weighted by Gasteiger charge is 2.75. The summed E-state index contributed by atoms with van der Waals surface area (Å²) in [5.41, 5.74) is -4.65. The molecule has 8 N–H and O–H groups in total. The van der Waals surface area contributed by atoms with E-state index in [2.05, 4.69) is 0 Å². The number of furan rings is 1. The lowest BCUT2D eigenvalue weighted by Gasteiger charge is -2.68. The summed E-state index contributed by atoms with van der Waals surface area (Å²) in [7, 11) is 0. The third kappa shape index (κ3) is 3.96. The van der Waals surface area contributed by atoms with Gasteiger partial charge in [0.05, 0.1) is 53.6 Å². The molecule has 1 aromatic heterocycles. The predicted octanol–water partition coefficient (Wildman–Crippen LogP) is -1.16. The Morgan fingerprint density at radius 3 is 2.41 bits per heavy atom. The molecule has 6 rings (SSSR count). The Kier molecular flexibility index (Phi) is 7.14. The molecular weight excluding hydrogens is 540 g/mol. The summed E-state index contributed by atoms with van der Waals surface area (Å²) in [5.74, 6) is -2.07. The molecule has 15 atom stereocenters. The van der Waals surface area contributed by atoms with Gasteiger partial charge in [0.2, 0.25) is 0 Å². The van der Waals surface area contributed by atoms with E-state index in [0.29, 0.717) is 24.8 Å². The van der Waals surface area contributed by atoms with Crippen LogP contribution in [0, 0.1) is 22.7 Å². The lowest BCUT2D eigenvalue weighted by atomic mass is 9.40. The van der Waals surface area contributed by atoms with Gasteiger partial charge in [-0.3, -0.25) is 0 Å². The number of aliphatic hydroxyl groups excluding tert-OH is 6. The van der Waals surface area contributed by atoms with Crippen molar-refractivity contribution in [3.8, 4) is 5.95 Å². The highest BCUT2D eigenvalue weighted by molar-refractivity contribution is 5.31. The SMILES string of the molecule is C[C@@H]1O[C@@H](O[C@H]2C[C@@H](O)[C@]3(CO)[C@H]4[C@H](O)C[C@]5(C)[C@@H](c6coc([O-])c6)CC[C@]5(O)[C@@H]4CC[C@]3(O)C2)[C@H](O)[C@H](O)[C@H]1O. The largest absolute Gasteiger partial charge is 0.587 e. The van der Waals surface area contributed by atoms with Crippen LogP contribution in [0.4, 0.5) is 0 Å². The Bertz CT molecular complexity index is 1130.